The third-order valence-corrected chi connectivity index (χ3v) is 4.16. The molecule has 0 spiro atoms. The maximum absolute atomic E-state index is 5.94. The molecule has 3 heteroatoms. The summed E-state index contributed by atoms with van der Waals surface area (Å²) in [5.41, 5.74) is 1.28. The van der Waals surface area contributed by atoms with Gasteiger partial charge < -0.3 is 5.32 Å². The first-order valence-corrected chi connectivity index (χ1v) is 6.51. The van der Waals surface area contributed by atoms with E-state index in [4.69, 9.17) is 11.6 Å². The van der Waals surface area contributed by atoms with Gasteiger partial charge in [0.05, 0.1) is 5.02 Å². The lowest BCUT2D eigenvalue weighted by Crippen LogP contribution is -2.27. The quantitative estimate of drug-likeness (QED) is 0.883. The van der Waals surface area contributed by atoms with Crippen molar-refractivity contribution in [3.8, 4) is 0 Å². The summed E-state index contributed by atoms with van der Waals surface area (Å²) in [5, 5.41) is 4.32. The molecule has 0 amide bonds. The Morgan fingerprint density at radius 1 is 1.53 bits per heavy atom. The maximum atomic E-state index is 5.94. The minimum absolute atomic E-state index is 0.638. The molecule has 1 saturated carbocycles. The van der Waals surface area contributed by atoms with Crippen LogP contribution in [0.5, 0.6) is 0 Å². The molecule has 1 fully saturated rings. The third kappa shape index (κ3) is 3.20. The Bertz CT molecular complexity index is 349. The molecule has 1 unspecified atom stereocenters. The van der Waals surface area contributed by atoms with Gasteiger partial charge in [-0.25, -0.2) is 0 Å². The molecule has 0 bridgehead atoms. The van der Waals surface area contributed by atoms with Gasteiger partial charge in [-0.2, -0.15) is 0 Å². The zero-order valence-corrected chi connectivity index (χ0v) is 11.1. The van der Waals surface area contributed by atoms with Gasteiger partial charge in [0.1, 0.15) is 0 Å². The van der Waals surface area contributed by atoms with Crippen molar-refractivity contribution in [2.75, 3.05) is 0 Å². The zero-order valence-electron chi connectivity index (χ0n) is 8.76. The van der Waals surface area contributed by atoms with Gasteiger partial charge >= 0.3 is 0 Å². The first-order chi connectivity index (χ1) is 7.16. The number of benzene rings is 1. The molecule has 0 aromatic heterocycles. The lowest BCUT2D eigenvalue weighted by atomic mass is 10.2. The molecule has 82 valence electrons. The lowest BCUT2D eigenvalue weighted by molar-refractivity contribution is 0.496. The van der Waals surface area contributed by atoms with E-state index in [1.54, 1.807) is 0 Å². The highest BCUT2D eigenvalue weighted by molar-refractivity contribution is 9.10. The van der Waals surface area contributed by atoms with E-state index in [2.05, 4.69) is 40.3 Å². The minimum Gasteiger partial charge on any atom is -0.310 e. The van der Waals surface area contributed by atoms with E-state index >= 15 is 0 Å². The van der Waals surface area contributed by atoms with Gasteiger partial charge in [0.15, 0.2) is 0 Å². The van der Waals surface area contributed by atoms with Crippen molar-refractivity contribution >= 4 is 27.5 Å². The first kappa shape index (κ1) is 11.4. The van der Waals surface area contributed by atoms with E-state index in [1.165, 1.54) is 18.4 Å². The summed E-state index contributed by atoms with van der Waals surface area (Å²) in [4.78, 5) is 0. The van der Waals surface area contributed by atoms with Crippen molar-refractivity contribution in [2.45, 2.75) is 32.4 Å². The Morgan fingerprint density at radius 3 is 2.87 bits per heavy atom. The molecule has 1 N–H and O–H groups in total. The van der Waals surface area contributed by atoms with Crippen molar-refractivity contribution in [1.82, 2.24) is 5.32 Å². The van der Waals surface area contributed by atoms with Crippen molar-refractivity contribution in [3.05, 3.63) is 33.3 Å². The van der Waals surface area contributed by atoms with Gasteiger partial charge in [0.2, 0.25) is 0 Å². The highest BCUT2D eigenvalue weighted by atomic mass is 79.9. The molecule has 2 rings (SSSR count). The number of hydrogen-bond donors (Lipinski definition) is 1. The topological polar surface area (TPSA) is 12.0 Å². The molecule has 1 nitrogen and oxygen atoms in total. The second kappa shape index (κ2) is 4.86. The average molecular weight is 289 g/mol. The first-order valence-electron chi connectivity index (χ1n) is 5.34. The zero-order chi connectivity index (χ0) is 10.8. The van der Waals surface area contributed by atoms with Crippen LogP contribution in [-0.4, -0.2) is 6.04 Å². The number of hydrogen-bond acceptors (Lipinski definition) is 1. The Hall–Kier alpha value is -0.0500. The monoisotopic (exact) mass is 287 g/mol. The Labute approximate surface area is 104 Å². The highest BCUT2D eigenvalue weighted by Crippen LogP contribution is 2.32. The Morgan fingerprint density at radius 2 is 2.27 bits per heavy atom. The van der Waals surface area contributed by atoms with Gasteiger partial charge in [-0.1, -0.05) is 17.7 Å². The highest BCUT2D eigenvalue weighted by Gasteiger charge is 2.27. The van der Waals surface area contributed by atoms with Crippen LogP contribution >= 0.6 is 27.5 Å². The molecule has 1 atom stereocenters. The standard InChI is InChI=1S/C12H15BrClN/c1-8(10-3-4-10)15-7-9-2-5-12(14)11(13)6-9/h2,5-6,8,10,15H,3-4,7H2,1H3. The molecule has 0 radical (unpaired) electrons. The van der Waals surface area contributed by atoms with Crippen LogP contribution in [0, 0.1) is 5.92 Å². The van der Waals surface area contributed by atoms with E-state index in [0.29, 0.717) is 6.04 Å². The van der Waals surface area contributed by atoms with Gasteiger partial charge in [0.25, 0.3) is 0 Å². The summed E-state index contributed by atoms with van der Waals surface area (Å²) >= 11 is 9.37. The largest absolute Gasteiger partial charge is 0.310 e. The predicted octanol–water partition coefficient (Wildman–Crippen LogP) is 3.99. The van der Waals surface area contributed by atoms with Crippen LogP contribution in [0.1, 0.15) is 25.3 Å². The van der Waals surface area contributed by atoms with Crippen LogP contribution in [0.4, 0.5) is 0 Å². The molecule has 0 heterocycles. The SMILES string of the molecule is CC(NCc1ccc(Cl)c(Br)c1)C1CC1. The molecule has 1 aromatic rings. The molecule has 1 aliphatic rings. The minimum atomic E-state index is 0.638. The van der Waals surface area contributed by atoms with Crippen LogP contribution in [0.2, 0.25) is 5.02 Å². The molecular weight excluding hydrogens is 273 g/mol. The molecule has 1 aromatic carbocycles. The van der Waals surface area contributed by atoms with E-state index < -0.39 is 0 Å². The van der Waals surface area contributed by atoms with Gasteiger partial charge in [-0.3, -0.25) is 0 Å². The van der Waals surface area contributed by atoms with Crippen molar-refractivity contribution < 1.29 is 0 Å². The van der Waals surface area contributed by atoms with Crippen molar-refractivity contribution in [3.63, 3.8) is 0 Å². The van der Waals surface area contributed by atoms with Crippen LogP contribution in [0.3, 0.4) is 0 Å². The van der Waals surface area contributed by atoms with Crippen molar-refractivity contribution in [2.24, 2.45) is 5.92 Å². The van der Waals surface area contributed by atoms with Crippen LogP contribution in [-0.2, 0) is 6.54 Å². The van der Waals surface area contributed by atoms with Gasteiger partial charge in [-0.05, 0) is 59.3 Å². The van der Waals surface area contributed by atoms with E-state index in [-0.39, 0.29) is 0 Å². The molecular formula is C12H15BrClN. The summed E-state index contributed by atoms with van der Waals surface area (Å²) in [6, 6.07) is 6.72. The second-order valence-electron chi connectivity index (χ2n) is 4.26. The molecule has 0 saturated heterocycles. The summed E-state index contributed by atoms with van der Waals surface area (Å²) in [6.45, 7) is 3.19. The Balaban J connectivity index is 1.89. The predicted molar refractivity (Wildman–Crippen MR) is 68.2 cm³/mol. The summed E-state index contributed by atoms with van der Waals surface area (Å²) in [5.74, 6) is 0.903. The second-order valence-corrected chi connectivity index (χ2v) is 5.52. The smallest absolute Gasteiger partial charge is 0.0548 e. The lowest BCUT2D eigenvalue weighted by Gasteiger charge is -2.12. The third-order valence-electron chi connectivity index (χ3n) is 2.94. The normalized spacial score (nSPS) is 17.8. The molecule has 0 aliphatic heterocycles. The average Bonchev–Trinajstić information content (AvgIpc) is 3.03. The van der Waals surface area contributed by atoms with E-state index in [1.807, 2.05) is 6.07 Å². The number of halogens is 2. The fourth-order valence-corrected chi connectivity index (χ4v) is 2.24. The van der Waals surface area contributed by atoms with Gasteiger partial charge in [-0.15, -0.1) is 0 Å². The molecule has 1 aliphatic carbocycles. The summed E-state index contributed by atoms with van der Waals surface area (Å²) < 4.78 is 0.975. The van der Waals surface area contributed by atoms with Crippen molar-refractivity contribution in [1.29, 1.82) is 0 Å². The van der Waals surface area contributed by atoms with E-state index in [9.17, 15) is 0 Å². The summed E-state index contributed by atoms with van der Waals surface area (Å²) in [7, 11) is 0. The maximum Gasteiger partial charge on any atom is 0.0548 e. The van der Waals surface area contributed by atoms with Crippen LogP contribution in [0.25, 0.3) is 0 Å². The number of rotatable bonds is 4. The fourth-order valence-electron chi connectivity index (χ4n) is 1.69. The van der Waals surface area contributed by atoms with Crippen LogP contribution < -0.4 is 5.32 Å². The fraction of sp³-hybridized carbons (Fsp3) is 0.500. The van der Waals surface area contributed by atoms with Gasteiger partial charge in [0, 0.05) is 17.1 Å². The van der Waals surface area contributed by atoms with Crippen LogP contribution in [0.15, 0.2) is 22.7 Å². The summed E-state index contributed by atoms with van der Waals surface area (Å²) in [6.07, 6.45) is 2.77. The molecule has 15 heavy (non-hydrogen) atoms. The van der Waals surface area contributed by atoms with E-state index in [0.717, 1.165) is 22.0 Å². The Kier molecular flexibility index (Phi) is 3.70. The number of nitrogens with one attached hydrogen (secondary N) is 1.